The molecule has 5 heteroatoms. The minimum Gasteiger partial charge on any atom is -0.355 e. The molecule has 1 fully saturated rings. The van der Waals surface area contributed by atoms with Crippen molar-refractivity contribution in [3.63, 3.8) is 0 Å². The molecule has 1 aliphatic heterocycles. The van der Waals surface area contributed by atoms with Crippen LogP contribution in [0.1, 0.15) is 42.5 Å². The molecule has 0 unspecified atom stereocenters. The highest BCUT2D eigenvalue weighted by molar-refractivity contribution is 5.79. The van der Waals surface area contributed by atoms with Gasteiger partial charge in [-0.1, -0.05) is 59.7 Å². The summed E-state index contributed by atoms with van der Waals surface area (Å²) >= 11 is 0. The van der Waals surface area contributed by atoms with Crippen molar-refractivity contribution < 1.29 is 4.79 Å². The summed E-state index contributed by atoms with van der Waals surface area (Å²) in [5, 5.41) is 12.0. The molecule has 1 aliphatic rings. The second kappa shape index (κ2) is 9.29. The number of amides is 1. The van der Waals surface area contributed by atoms with Crippen LogP contribution in [0.25, 0.3) is 11.3 Å². The second-order valence-electron chi connectivity index (χ2n) is 8.55. The van der Waals surface area contributed by atoms with E-state index >= 15 is 0 Å². The first kappa shape index (κ1) is 21.0. The van der Waals surface area contributed by atoms with E-state index in [1.807, 2.05) is 19.1 Å². The first-order valence-electron chi connectivity index (χ1n) is 11.0. The molecular weight excluding hydrogens is 384 g/mol. The number of hydrogen-bond acceptors (Lipinski definition) is 4. The molecule has 0 spiro atoms. The highest BCUT2D eigenvalue weighted by Crippen LogP contribution is 2.24. The molecule has 1 amide bonds. The van der Waals surface area contributed by atoms with E-state index < -0.39 is 0 Å². The van der Waals surface area contributed by atoms with Crippen molar-refractivity contribution >= 4 is 11.7 Å². The van der Waals surface area contributed by atoms with E-state index in [1.54, 1.807) is 0 Å². The molecule has 31 heavy (non-hydrogen) atoms. The number of aryl methyl sites for hydroxylation is 2. The Hall–Kier alpha value is -3.21. The van der Waals surface area contributed by atoms with Crippen LogP contribution in [0.5, 0.6) is 0 Å². The first-order chi connectivity index (χ1) is 15.0. The van der Waals surface area contributed by atoms with Crippen LogP contribution < -0.4 is 10.2 Å². The smallest absolute Gasteiger partial charge is 0.223 e. The van der Waals surface area contributed by atoms with Crippen LogP contribution in [0, 0.1) is 19.8 Å². The van der Waals surface area contributed by atoms with Gasteiger partial charge in [0.1, 0.15) is 0 Å². The number of anilines is 1. The Labute approximate surface area is 184 Å². The molecule has 1 aromatic heterocycles. The van der Waals surface area contributed by atoms with Crippen molar-refractivity contribution in [2.75, 3.05) is 18.0 Å². The Morgan fingerprint density at radius 3 is 2.10 bits per heavy atom. The van der Waals surface area contributed by atoms with Gasteiger partial charge in [-0.3, -0.25) is 4.79 Å². The van der Waals surface area contributed by atoms with Crippen LogP contribution in [0.2, 0.25) is 0 Å². The van der Waals surface area contributed by atoms with Crippen LogP contribution in [-0.4, -0.2) is 29.2 Å². The molecule has 0 aliphatic carbocycles. The summed E-state index contributed by atoms with van der Waals surface area (Å²) < 4.78 is 0. The molecule has 160 valence electrons. The van der Waals surface area contributed by atoms with Crippen LogP contribution in [-0.2, 0) is 4.79 Å². The highest BCUT2D eigenvalue weighted by atomic mass is 16.1. The molecule has 1 N–H and O–H groups in total. The lowest BCUT2D eigenvalue weighted by molar-refractivity contribution is -0.126. The van der Waals surface area contributed by atoms with Gasteiger partial charge in [0.2, 0.25) is 5.91 Å². The monoisotopic (exact) mass is 414 g/mol. The zero-order valence-electron chi connectivity index (χ0n) is 18.5. The van der Waals surface area contributed by atoms with Gasteiger partial charge in [0.15, 0.2) is 5.82 Å². The average molecular weight is 415 g/mol. The van der Waals surface area contributed by atoms with Crippen LogP contribution in [0.3, 0.4) is 0 Å². The summed E-state index contributed by atoms with van der Waals surface area (Å²) in [5.74, 6) is 1.07. The van der Waals surface area contributed by atoms with E-state index in [9.17, 15) is 4.79 Å². The minimum atomic E-state index is 0.0197. The predicted octanol–water partition coefficient (Wildman–Crippen LogP) is 4.85. The zero-order valence-corrected chi connectivity index (χ0v) is 18.5. The number of benzene rings is 2. The largest absolute Gasteiger partial charge is 0.355 e. The predicted molar refractivity (Wildman–Crippen MR) is 125 cm³/mol. The van der Waals surface area contributed by atoms with Gasteiger partial charge in [-0.15, -0.1) is 10.2 Å². The summed E-state index contributed by atoms with van der Waals surface area (Å²) in [5.41, 5.74) is 5.55. The normalized spacial score (nSPS) is 15.5. The number of carbonyl (C=O) groups excluding carboxylic acids is 1. The Morgan fingerprint density at radius 1 is 0.903 bits per heavy atom. The zero-order chi connectivity index (χ0) is 21.8. The van der Waals surface area contributed by atoms with E-state index in [-0.39, 0.29) is 17.9 Å². The van der Waals surface area contributed by atoms with E-state index in [2.05, 4.69) is 82.8 Å². The third-order valence-electron chi connectivity index (χ3n) is 6.12. The van der Waals surface area contributed by atoms with Crippen molar-refractivity contribution in [1.29, 1.82) is 0 Å². The average Bonchev–Trinajstić information content (AvgIpc) is 2.80. The van der Waals surface area contributed by atoms with E-state index in [0.29, 0.717) is 0 Å². The van der Waals surface area contributed by atoms with Gasteiger partial charge in [-0.05, 0) is 51.3 Å². The third-order valence-corrected chi connectivity index (χ3v) is 6.12. The highest BCUT2D eigenvalue weighted by Gasteiger charge is 2.26. The van der Waals surface area contributed by atoms with Gasteiger partial charge < -0.3 is 10.2 Å². The lowest BCUT2D eigenvalue weighted by atomic mass is 9.95. The fraction of sp³-hybridized carbons (Fsp3) is 0.346. The maximum atomic E-state index is 12.8. The first-order valence-corrected chi connectivity index (χ1v) is 11.0. The molecule has 0 saturated carbocycles. The van der Waals surface area contributed by atoms with Gasteiger partial charge in [0, 0.05) is 24.6 Å². The molecule has 5 nitrogen and oxygen atoms in total. The van der Waals surface area contributed by atoms with E-state index in [0.717, 1.165) is 48.6 Å². The quantitative estimate of drug-likeness (QED) is 0.648. The van der Waals surface area contributed by atoms with Gasteiger partial charge in [-0.2, -0.15) is 0 Å². The fourth-order valence-electron chi connectivity index (χ4n) is 4.01. The van der Waals surface area contributed by atoms with Crippen molar-refractivity contribution in [2.45, 2.75) is 39.7 Å². The summed E-state index contributed by atoms with van der Waals surface area (Å²) in [4.78, 5) is 15.0. The maximum absolute atomic E-state index is 12.8. The second-order valence-corrected chi connectivity index (χ2v) is 8.55. The number of rotatable bonds is 5. The Bertz CT molecular complexity index is 1000. The van der Waals surface area contributed by atoms with Crippen molar-refractivity contribution in [3.05, 3.63) is 77.4 Å². The van der Waals surface area contributed by atoms with Crippen LogP contribution >= 0.6 is 0 Å². The Kier molecular flexibility index (Phi) is 6.31. The molecule has 0 bridgehead atoms. The molecular formula is C26H30N4O. The topological polar surface area (TPSA) is 58.1 Å². The molecule has 2 heterocycles. The SMILES string of the molecule is Cc1ccc(-c2ccc(N3CCC(C(=O)N[C@H](C)c4ccc(C)cc4)CC3)nn2)cc1. The molecule has 4 rings (SSSR count). The summed E-state index contributed by atoms with van der Waals surface area (Å²) in [6.07, 6.45) is 1.65. The van der Waals surface area contributed by atoms with Gasteiger partial charge >= 0.3 is 0 Å². The number of hydrogen-bond donors (Lipinski definition) is 1. The Morgan fingerprint density at radius 2 is 1.52 bits per heavy atom. The van der Waals surface area contributed by atoms with Crippen molar-refractivity contribution in [3.8, 4) is 11.3 Å². The number of nitrogens with zero attached hydrogens (tertiary/aromatic N) is 3. The van der Waals surface area contributed by atoms with Crippen molar-refractivity contribution in [1.82, 2.24) is 15.5 Å². The number of carbonyl (C=O) groups is 1. The van der Waals surface area contributed by atoms with E-state index in [4.69, 9.17) is 0 Å². The Balaban J connectivity index is 1.31. The minimum absolute atomic E-state index is 0.0197. The van der Waals surface area contributed by atoms with Crippen LogP contribution in [0.15, 0.2) is 60.7 Å². The summed E-state index contributed by atoms with van der Waals surface area (Å²) in [7, 11) is 0. The summed E-state index contributed by atoms with van der Waals surface area (Å²) in [6, 6.07) is 20.7. The van der Waals surface area contributed by atoms with E-state index in [1.165, 1.54) is 11.1 Å². The lowest BCUT2D eigenvalue weighted by Gasteiger charge is -2.32. The molecule has 0 radical (unpaired) electrons. The van der Waals surface area contributed by atoms with Gasteiger partial charge in [0.25, 0.3) is 0 Å². The number of nitrogens with one attached hydrogen (secondary N) is 1. The number of piperidine rings is 1. The standard InChI is InChI=1S/C26H30N4O/c1-18-4-8-21(9-5-18)20(3)27-26(31)23-14-16-30(17-15-23)25-13-12-24(28-29-25)22-10-6-19(2)7-11-22/h4-13,20,23H,14-17H2,1-3H3,(H,27,31)/t20-/m1/s1. The molecule has 2 aromatic carbocycles. The fourth-order valence-corrected chi connectivity index (χ4v) is 4.01. The molecule has 1 saturated heterocycles. The van der Waals surface area contributed by atoms with Crippen LogP contribution in [0.4, 0.5) is 5.82 Å². The number of aromatic nitrogens is 2. The lowest BCUT2D eigenvalue weighted by Crippen LogP contribution is -2.41. The molecule has 1 atom stereocenters. The summed E-state index contributed by atoms with van der Waals surface area (Å²) in [6.45, 7) is 7.82. The van der Waals surface area contributed by atoms with Gasteiger partial charge in [0.05, 0.1) is 11.7 Å². The van der Waals surface area contributed by atoms with Crippen molar-refractivity contribution in [2.24, 2.45) is 5.92 Å². The van der Waals surface area contributed by atoms with Gasteiger partial charge in [-0.25, -0.2) is 0 Å². The third kappa shape index (κ3) is 5.10. The molecule has 3 aromatic rings. The maximum Gasteiger partial charge on any atom is 0.223 e.